The fraction of sp³-hybridized carbons (Fsp3) is 0.333. The summed E-state index contributed by atoms with van der Waals surface area (Å²) in [6, 6.07) is 15.3. The van der Waals surface area contributed by atoms with Crippen LogP contribution in [0.4, 0.5) is 0 Å². The maximum atomic E-state index is 4.38. The standard InChI is InChI=1S/C27H33N/c1-19-14-15-26(23(5)18-19)27(25-13-9-7-11-21(25)3)28-17-16-22(4)24-12-8-6-10-20(24)2/h6,8,10,12,14-15,18,28H,3-4,7,9,11,13,16-17H2,1-2,5H3/b27-25+. The van der Waals surface area contributed by atoms with Crippen LogP contribution < -0.4 is 5.32 Å². The number of rotatable bonds is 6. The Labute approximate surface area is 170 Å². The van der Waals surface area contributed by atoms with Gasteiger partial charge in [0.1, 0.15) is 0 Å². The van der Waals surface area contributed by atoms with Crippen molar-refractivity contribution in [3.8, 4) is 0 Å². The van der Waals surface area contributed by atoms with Crippen LogP contribution in [-0.4, -0.2) is 6.54 Å². The Bertz CT molecular complexity index is 914. The molecule has 0 aromatic heterocycles. The van der Waals surface area contributed by atoms with Crippen molar-refractivity contribution in [2.75, 3.05) is 6.54 Å². The van der Waals surface area contributed by atoms with Crippen molar-refractivity contribution >= 4 is 11.3 Å². The first-order valence-corrected chi connectivity index (χ1v) is 10.4. The normalized spacial score (nSPS) is 16.0. The third kappa shape index (κ3) is 4.65. The molecule has 1 nitrogen and oxygen atoms in total. The zero-order chi connectivity index (χ0) is 20.1. The van der Waals surface area contributed by atoms with Crippen LogP contribution in [0.15, 0.2) is 66.8 Å². The highest BCUT2D eigenvalue weighted by Crippen LogP contribution is 2.34. The number of aryl methyl sites for hydroxylation is 3. The molecule has 0 bridgehead atoms. The van der Waals surface area contributed by atoms with Gasteiger partial charge in [0.2, 0.25) is 0 Å². The van der Waals surface area contributed by atoms with Crippen LogP contribution in [-0.2, 0) is 0 Å². The molecule has 2 aromatic carbocycles. The Kier molecular flexibility index (Phi) is 6.57. The number of nitrogens with one attached hydrogen (secondary N) is 1. The highest BCUT2D eigenvalue weighted by atomic mass is 14.9. The average molecular weight is 372 g/mol. The summed E-state index contributed by atoms with van der Waals surface area (Å²) in [6.07, 6.45) is 5.67. The molecule has 1 N–H and O–H groups in total. The van der Waals surface area contributed by atoms with Gasteiger partial charge in [-0.1, -0.05) is 61.2 Å². The van der Waals surface area contributed by atoms with E-state index >= 15 is 0 Å². The van der Waals surface area contributed by atoms with E-state index in [1.165, 1.54) is 63.1 Å². The average Bonchev–Trinajstić information content (AvgIpc) is 2.67. The lowest BCUT2D eigenvalue weighted by atomic mass is 9.86. The molecule has 3 rings (SSSR count). The lowest BCUT2D eigenvalue weighted by molar-refractivity contribution is 0.677. The molecule has 0 spiro atoms. The summed E-state index contributed by atoms with van der Waals surface area (Å²) in [5.41, 5.74) is 11.7. The molecule has 1 heteroatoms. The molecule has 1 saturated carbocycles. The van der Waals surface area contributed by atoms with Gasteiger partial charge in [-0.25, -0.2) is 0 Å². The fourth-order valence-electron chi connectivity index (χ4n) is 4.17. The Hall–Kier alpha value is -2.54. The van der Waals surface area contributed by atoms with Gasteiger partial charge in [0.05, 0.1) is 0 Å². The van der Waals surface area contributed by atoms with Crippen LogP contribution in [0.3, 0.4) is 0 Å². The van der Waals surface area contributed by atoms with Crippen LogP contribution in [0.25, 0.3) is 11.3 Å². The Balaban J connectivity index is 1.82. The maximum Gasteiger partial charge on any atom is 0.0451 e. The Morgan fingerprint density at radius 3 is 2.39 bits per heavy atom. The minimum Gasteiger partial charge on any atom is -0.384 e. The van der Waals surface area contributed by atoms with Crippen LogP contribution >= 0.6 is 0 Å². The second-order valence-electron chi connectivity index (χ2n) is 8.08. The molecular formula is C27H33N. The molecule has 1 aliphatic carbocycles. The summed E-state index contributed by atoms with van der Waals surface area (Å²) in [4.78, 5) is 0. The quantitative estimate of drug-likeness (QED) is 0.568. The Morgan fingerprint density at radius 1 is 0.929 bits per heavy atom. The number of hydrogen-bond acceptors (Lipinski definition) is 1. The molecule has 0 amide bonds. The van der Waals surface area contributed by atoms with Crippen molar-refractivity contribution in [1.82, 2.24) is 5.32 Å². The van der Waals surface area contributed by atoms with Crippen molar-refractivity contribution < 1.29 is 0 Å². The zero-order valence-electron chi connectivity index (χ0n) is 17.7. The van der Waals surface area contributed by atoms with Crippen molar-refractivity contribution in [1.29, 1.82) is 0 Å². The first kappa shape index (κ1) is 20.2. The van der Waals surface area contributed by atoms with E-state index < -0.39 is 0 Å². The van der Waals surface area contributed by atoms with E-state index in [-0.39, 0.29) is 0 Å². The van der Waals surface area contributed by atoms with Gasteiger partial charge in [-0.2, -0.15) is 0 Å². The predicted octanol–water partition coefficient (Wildman–Crippen LogP) is 7.15. The molecule has 146 valence electrons. The molecule has 2 aromatic rings. The maximum absolute atomic E-state index is 4.38. The predicted molar refractivity (Wildman–Crippen MR) is 123 cm³/mol. The van der Waals surface area contributed by atoms with E-state index in [4.69, 9.17) is 0 Å². The summed E-state index contributed by atoms with van der Waals surface area (Å²) in [7, 11) is 0. The van der Waals surface area contributed by atoms with Gasteiger partial charge < -0.3 is 5.32 Å². The van der Waals surface area contributed by atoms with Crippen molar-refractivity contribution in [3.63, 3.8) is 0 Å². The summed E-state index contributed by atoms with van der Waals surface area (Å²) < 4.78 is 0. The van der Waals surface area contributed by atoms with E-state index in [9.17, 15) is 0 Å². The third-order valence-electron chi connectivity index (χ3n) is 5.79. The van der Waals surface area contributed by atoms with Crippen molar-refractivity contribution in [2.45, 2.75) is 52.9 Å². The second kappa shape index (κ2) is 9.10. The van der Waals surface area contributed by atoms with Crippen molar-refractivity contribution in [2.24, 2.45) is 0 Å². The second-order valence-corrected chi connectivity index (χ2v) is 8.08. The van der Waals surface area contributed by atoms with E-state index in [1.54, 1.807) is 0 Å². The fourth-order valence-corrected chi connectivity index (χ4v) is 4.17. The molecule has 0 aliphatic heterocycles. The van der Waals surface area contributed by atoms with E-state index in [1.807, 2.05) is 0 Å². The minimum atomic E-state index is 0.882. The van der Waals surface area contributed by atoms with Gasteiger partial charge in [0, 0.05) is 17.8 Å². The highest BCUT2D eigenvalue weighted by molar-refractivity contribution is 5.74. The topological polar surface area (TPSA) is 12.0 Å². The molecule has 1 aliphatic rings. The van der Waals surface area contributed by atoms with Crippen LogP contribution in [0.1, 0.15) is 59.9 Å². The number of hydrogen-bond donors (Lipinski definition) is 1. The SMILES string of the molecule is C=C1CCCC/C1=C(\NCCC(=C)c1ccccc1C)c1ccc(C)cc1C. The largest absolute Gasteiger partial charge is 0.384 e. The number of allylic oxidation sites excluding steroid dienone is 2. The van der Waals surface area contributed by atoms with E-state index in [0.29, 0.717) is 0 Å². The van der Waals surface area contributed by atoms with Gasteiger partial charge >= 0.3 is 0 Å². The molecule has 0 unspecified atom stereocenters. The first-order chi connectivity index (χ1) is 13.5. The summed E-state index contributed by atoms with van der Waals surface area (Å²) in [6.45, 7) is 16.1. The van der Waals surface area contributed by atoms with E-state index in [2.05, 4.69) is 81.7 Å². The molecule has 0 radical (unpaired) electrons. The smallest absolute Gasteiger partial charge is 0.0451 e. The molecule has 0 saturated heterocycles. The van der Waals surface area contributed by atoms with Crippen molar-refractivity contribution in [3.05, 3.63) is 94.6 Å². The molecule has 1 fully saturated rings. The monoisotopic (exact) mass is 371 g/mol. The van der Waals surface area contributed by atoms with Gasteiger partial charge in [-0.05, 0) is 86.3 Å². The van der Waals surface area contributed by atoms with Crippen LogP contribution in [0.5, 0.6) is 0 Å². The lowest BCUT2D eigenvalue weighted by Gasteiger charge is -2.24. The Morgan fingerprint density at radius 2 is 1.68 bits per heavy atom. The number of benzene rings is 2. The van der Waals surface area contributed by atoms with Crippen LogP contribution in [0, 0.1) is 20.8 Å². The summed E-state index contributed by atoms with van der Waals surface area (Å²) >= 11 is 0. The lowest BCUT2D eigenvalue weighted by Crippen LogP contribution is -2.18. The van der Waals surface area contributed by atoms with Gasteiger partial charge in [-0.3, -0.25) is 0 Å². The first-order valence-electron chi connectivity index (χ1n) is 10.4. The minimum absolute atomic E-state index is 0.882. The third-order valence-corrected chi connectivity index (χ3v) is 5.79. The van der Waals surface area contributed by atoms with Gasteiger partial charge in [0.25, 0.3) is 0 Å². The van der Waals surface area contributed by atoms with E-state index in [0.717, 1.165) is 25.8 Å². The molecule has 28 heavy (non-hydrogen) atoms. The molecule has 0 atom stereocenters. The molecule has 0 heterocycles. The highest BCUT2D eigenvalue weighted by Gasteiger charge is 2.17. The summed E-state index contributed by atoms with van der Waals surface area (Å²) in [5, 5.41) is 3.77. The van der Waals surface area contributed by atoms with Crippen LogP contribution in [0.2, 0.25) is 0 Å². The zero-order valence-corrected chi connectivity index (χ0v) is 17.7. The summed E-state index contributed by atoms with van der Waals surface area (Å²) in [5.74, 6) is 0. The van der Waals surface area contributed by atoms with Gasteiger partial charge in [0.15, 0.2) is 0 Å². The van der Waals surface area contributed by atoms with Gasteiger partial charge in [-0.15, -0.1) is 0 Å². The molecular weight excluding hydrogens is 338 g/mol.